The molecule has 1 aromatic heterocycles. The maximum atomic E-state index is 13.2. The Kier molecular flexibility index (Phi) is 6.32. The van der Waals surface area contributed by atoms with Crippen LogP contribution in [0.4, 0.5) is 0 Å². The zero-order valence-electron chi connectivity index (χ0n) is 16.7. The number of methoxy groups -OCH3 is 1. The van der Waals surface area contributed by atoms with E-state index in [2.05, 4.69) is 13.8 Å². The van der Waals surface area contributed by atoms with Gasteiger partial charge in [-0.2, -0.15) is 0 Å². The van der Waals surface area contributed by atoms with Crippen molar-refractivity contribution in [3.8, 4) is 0 Å². The summed E-state index contributed by atoms with van der Waals surface area (Å²) in [5.74, 6) is 0.520. The number of hydrogen-bond acceptors (Lipinski definition) is 3. The molecule has 27 heavy (non-hydrogen) atoms. The van der Waals surface area contributed by atoms with Crippen LogP contribution in [0.1, 0.15) is 55.5 Å². The molecule has 0 aliphatic carbocycles. The first kappa shape index (κ1) is 19.6. The number of pyridine rings is 1. The van der Waals surface area contributed by atoms with Crippen molar-refractivity contribution in [3.05, 3.63) is 45.7 Å². The highest BCUT2D eigenvalue weighted by Crippen LogP contribution is 2.21. The number of rotatable bonds is 6. The van der Waals surface area contributed by atoms with Gasteiger partial charge in [-0.15, -0.1) is 0 Å². The molecule has 3 rings (SSSR count). The molecule has 2 aromatic rings. The summed E-state index contributed by atoms with van der Waals surface area (Å²) in [5.41, 5.74) is 2.03. The number of fused-ring (bicyclic) bond motifs is 1. The number of unbranched alkanes of at least 4 members (excludes halogenated alkanes) is 1. The molecule has 0 radical (unpaired) electrons. The van der Waals surface area contributed by atoms with Crippen LogP contribution in [0, 0.1) is 5.92 Å². The molecular weight excluding hydrogens is 340 g/mol. The van der Waals surface area contributed by atoms with Crippen LogP contribution in [0.25, 0.3) is 10.9 Å². The number of benzene rings is 1. The number of hydrogen-bond donors (Lipinski definition) is 0. The van der Waals surface area contributed by atoms with Crippen molar-refractivity contribution >= 4 is 16.8 Å². The van der Waals surface area contributed by atoms with Gasteiger partial charge in [-0.1, -0.05) is 32.4 Å². The van der Waals surface area contributed by atoms with E-state index in [0.717, 1.165) is 55.2 Å². The number of ether oxygens (including phenoxy) is 1. The molecule has 0 spiro atoms. The number of carbonyl (C=O) groups excluding carboxylic acids is 1. The lowest BCUT2D eigenvalue weighted by atomic mass is 9.98. The minimum Gasteiger partial charge on any atom is -0.380 e. The first-order chi connectivity index (χ1) is 13.0. The van der Waals surface area contributed by atoms with Gasteiger partial charge in [0.2, 0.25) is 0 Å². The number of piperidine rings is 1. The van der Waals surface area contributed by atoms with Crippen molar-refractivity contribution in [2.24, 2.45) is 5.92 Å². The van der Waals surface area contributed by atoms with Gasteiger partial charge in [0.15, 0.2) is 0 Å². The number of nitrogens with zero attached hydrogens (tertiary/aromatic N) is 2. The summed E-state index contributed by atoms with van der Waals surface area (Å²) in [4.78, 5) is 28.1. The largest absolute Gasteiger partial charge is 0.380 e. The van der Waals surface area contributed by atoms with Gasteiger partial charge in [0.25, 0.3) is 11.5 Å². The van der Waals surface area contributed by atoms with Crippen LogP contribution >= 0.6 is 0 Å². The van der Waals surface area contributed by atoms with Gasteiger partial charge < -0.3 is 14.2 Å². The van der Waals surface area contributed by atoms with E-state index >= 15 is 0 Å². The highest BCUT2D eigenvalue weighted by atomic mass is 16.5. The molecule has 2 heterocycles. The van der Waals surface area contributed by atoms with Crippen molar-refractivity contribution in [2.45, 2.75) is 52.7 Å². The van der Waals surface area contributed by atoms with E-state index in [4.69, 9.17) is 4.74 Å². The molecular formula is C22H30N2O3. The van der Waals surface area contributed by atoms with Crippen molar-refractivity contribution in [1.82, 2.24) is 9.47 Å². The maximum Gasteiger partial charge on any atom is 0.263 e. The lowest BCUT2D eigenvalue weighted by Crippen LogP contribution is -2.41. The van der Waals surface area contributed by atoms with Crippen LogP contribution in [0.5, 0.6) is 0 Å². The van der Waals surface area contributed by atoms with E-state index in [0.29, 0.717) is 24.6 Å². The molecule has 1 amide bonds. The van der Waals surface area contributed by atoms with Crippen molar-refractivity contribution in [1.29, 1.82) is 0 Å². The molecule has 0 N–H and O–H groups in total. The van der Waals surface area contributed by atoms with Gasteiger partial charge in [0.1, 0.15) is 5.56 Å². The summed E-state index contributed by atoms with van der Waals surface area (Å²) in [6.45, 7) is 6.92. The van der Waals surface area contributed by atoms with E-state index in [1.165, 1.54) is 0 Å². The van der Waals surface area contributed by atoms with Gasteiger partial charge in [-0.25, -0.2) is 0 Å². The minimum absolute atomic E-state index is 0.125. The van der Waals surface area contributed by atoms with E-state index in [9.17, 15) is 9.59 Å². The van der Waals surface area contributed by atoms with Gasteiger partial charge in [-0.05, 0) is 48.3 Å². The smallest absolute Gasteiger partial charge is 0.263 e. The molecule has 0 atom stereocenters. The molecule has 1 aliphatic heterocycles. The van der Waals surface area contributed by atoms with Crippen LogP contribution in [0.2, 0.25) is 0 Å². The van der Waals surface area contributed by atoms with Crippen LogP contribution in [-0.4, -0.2) is 35.6 Å². The van der Waals surface area contributed by atoms with E-state index in [1.54, 1.807) is 17.7 Å². The second-order valence-corrected chi connectivity index (χ2v) is 7.67. The number of amides is 1. The number of aryl methyl sites for hydroxylation is 1. The normalized spacial score (nSPS) is 15.4. The Morgan fingerprint density at radius 3 is 2.63 bits per heavy atom. The average molecular weight is 370 g/mol. The molecule has 5 nitrogen and oxygen atoms in total. The van der Waals surface area contributed by atoms with E-state index in [-0.39, 0.29) is 11.5 Å². The molecule has 0 saturated carbocycles. The molecule has 1 aromatic carbocycles. The lowest BCUT2D eigenvalue weighted by Gasteiger charge is -2.30. The fourth-order valence-corrected chi connectivity index (χ4v) is 3.75. The zero-order valence-corrected chi connectivity index (χ0v) is 16.7. The van der Waals surface area contributed by atoms with E-state index in [1.807, 2.05) is 23.1 Å². The predicted octanol–water partition coefficient (Wildman–Crippen LogP) is 3.82. The highest BCUT2D eigenvalue weighted by molar-refractivity contribution is 5.97. The molecule has 1 saturated heterocycles. The van der Waals surface area contributed by atoms with Gasteiger partial charge in [-0.3, -0.25) is 9.59 Å². The Morgan fingerprint density at radius 1 is 1.22 bits per heavy atom. The Labute approximate surface area is 160 Å². The Balaban J connectivity index is 2.05. The third kappa shape index (κ3) is 4.24. The molecule has 0 bridgehead atoms. The molecule has 146 valence electrons. The molecule has 1 fully saturated rings. The molecule has 5 heteroatoms. The summed E-state index contributed by atoms with van der Waals surface area (Å²) >= 11 is 0. The fraction of sp³-hybridized carbons (Fsp3) is 0.545. The second-order valence-electron chi connectivity index (χ2n) is 7.67. The summed E-state index contributed by atoms with van der Waals surface area (Å²) in [6, 6.07) is 7.77. The summed E-state index contributed by atoms with van der Waals surface area (Å²) in [6.07, 6.45) is 3.91. The van der Waals surface area contributed by atoms with Crippen LogP contribution in [0.15, 0.2) is 29.1 Å². The zero-order chi connectivity index (χ0) is 19.4. The second kappa shape index (κ2) is 8.70. The number of aromatic nitrogens is 1. The Bertz CT molecular complexity index is 864. The molecule has 0 unspecified atom stereocenters. The Morgan fingerprint density at radius 2 is 1.96 bits per heavy atom. The maximum absolute atomic E-state index is 13.2. The fourth-order valence-electron chi connectivity index (χ4n) is 3.75. The van der Waals surface area contributed by atoms with E-state index < -0.39 is 0 Å². The standard InChI is InChI=1S/C22H30N2O3/c1-4-5-10-24-20-13-17(15-27-3)6-7-18(20)14-19(22(24)26)21(25)23-11-8-16(2)9-12-23/h6-7,13-14,16H,4-5,8-12,15H2,1-3H3. The van der Waals surface area contributed by atoms with Crippen molar-refractivity contribution < 1.29 is 9.53 Å². The summed E-state index contributed by atoms with van der Waals surface area (Å²) in [7, 11) is 1.66. The predicted molar refractivity (Wildman–Crippen MR) is 108 cm³/mol. The average Bonchev–Trinajstić information content (AvgIpc) is 2.67. The number of likely N-dealkylation sites (tertiary alicyclic amines) is 1. The van der Waals surface area contributed by atoms with Crippen molar-refractivity contribution in [3.63, 3.8) is 0 Å². The molecule has 1 aliphatic rings. The lowest BCUT2D eigenvalue weighted by molar-refractivity contribution is 0.0695. The topological polar surface area (TPSA) is 51.5 Å². The first-order valence-corrected chi connectivity index (χ1v) is 9.99. The van der Waals surface area contributed by atoms with Crippen molar-refractivity contribution in [2.75, 3.05) is 20.2 Å². The third-order valence-electron chi connectivity index (χ3n) is 5.51. The van der Waals surface area contributed by atoms with Gasteiger partial charge >= 0.3 is 0 Å². The SMILES string of the molecule is CCCCn1c(=O)c(C(=O)N2CCC(C)CC2)cc2ccc(COC)cc21. The number of carbonyl (C=O) groups is 1. The van der Waals surface area contributed by atoms with Crippen LogP contribution < -0.4 is 5.56 Å². The van der Waals surface area contributed by atoms with Crippen LogP contribution in [0.3, 0.4) is 0 Å². The minimum atomic E-state index is -0.172. The highest BCUT2D eigenvalue weighted by Gasteiger charge is 2.24. The first-order valence-electron chi connectivity index (χ1n) is 9.99. The summed E-state index contributed by atoms with van der Waals surface area (Å²) < 4.78 is 7.01. The van der Waals surface area contributed by atoms with Crippen LogP contribution in [-0.2, 0) is 17.9 Å². The Hall–Kier alpha value is -2.14. The van der Waals surface area contributed by atoms with Gasteiger partial charge in [0.05, 0.1) is 12.1 Å². The quantitative estimate of drug-likeness (QED) is 0.777. The third-order valence-corrected chi connectivity index (χ3v) is 5.51. The monoisotopic (exact) mass is 370 g/mol. The summed E-state index contributed by atoms with van der Waals surface area (Å²) in [5, 5.41) is 0.930. The van der Waals surface area contributed by atoms with Gasteiger partial charge in [0, 0.05) is 26.7 Å².